The van der Waals surface area contributed by atoms with Gasteiger partial charge in [-0.25, -0.2) is 4.39 Å². The van der Waals surface area contributed by atoms with Gasteiger partial charge in [-0.1, -0.05) is 37.6 Å². The number of halogens is 1. The van der Waals surface area contributed by atoms with Gasteiger partial charge in [0.15, 0.2) is 10.6 Å². The van der Waals surface area contributed by atoms with Gasteiger partial charge in [-0.05, 0) is 122 Å². The first-order valence-corrected chi connectivity index (χ1v) is 14.9. The van der Waals surface area contributed by atoms with Gasteiger partial charge in [-0.15, -0.1) is 0 Å². The Kier molecular flexibility index (Phi) is 5.68. The minimum atomic E-state index is -0.413. The maximum atomic E-state index is 14.5. The van der Waals surface area contributed by atoms with Gasteiger partial charge >= 0.3 is 0 Å². The SMILES string of the molecule is C[C@]12CC[C@H]3[C@@H](CCC4=CC(=O)CC[C@@]43C)[C@@H]1CC[C@@H]2n1c(=S)n(-c2ccccc2)c(=O)c2cc(F)ccc21. The highest BCUT2D eigenvalue weighted by Gasteiger charge is 2.59. The van der Waals surface area contributed by atoms with Crippen LogP contribution in [0.25, 0.3) is 16.6 Å². The molecule has 1 heterocycles. The van der Waals surface area contributed by atoms with Crippen molar-refractivity contribution in [1.82, 2.24) is 9.13 Å². The third kappa shape index (κ3) is 3.56. The van der Waals surface area contributed by atoms with Crippen LogP contribution in [-0.4, -0.2) is 14.9 Å². The summed E-state index contributed by atoms with van der Waals surface area (Å²) in [6.07, 6.45) is 10.2. The van der Waals surface area contributed by atoms with Crippen molar-refractivity contribution in [3.8, 4) is 5.69 Å². The average molecular weight is 543 g/mol. The number of hydrogen-bond acceptors (Lipinski definition) is 3. The number of carbonyl (C=O) groups is 1. The number of ketones is 1. The number of hydrogen-bond donors (Lipinski definition) is 0. The molecule has 3 saturated carbocycles. The third-order valence-electron chi connectivity index (χ3n) is 11.3. The summed E-state index contributed by atoms with van der Waals surface area (Å²) >= 11 is 6.11. The van der Waals surface area contributed by atoms with Crippen LogP contribution in [0.2, 0.25) is 0 Å². The molecule has 3 aromatic rings. The molecule has 0 unspecified atom stereocenters. The molecule has 0 N–H and O–H groups in total. The Labute approximate surface area is 233 Å². The van der Waals surface area contributed by atoms with Crippen LogP contribution in [0, 0.1) is 39.2 Å². The molecule has 4 nitrogen and oxygen atoms in total. The zero-order chi connectivity index (χ0) is 27.1. The molecule has 2 aromatic carbocycles. The third-order valence-corrected chi connectivity index (χ3v) is 11.7. The molecule has 202 valence electrons. The van der Waals surface area contributed by atoms with Gasteiger partial charge in [-0.2, -0.15) is 0 Å². The lowest BCUT2D eigenvalue weighted by Gasteiger charge is -2.58. The van der Waals surface area contributed by atoms with Crippen LogP contribution in [-0.2, 0) is 4.79 Å². The molecule has 7 rings (SSSR count). The van der Waals surface area contributed by atoms with Crippen molar-refractivity contribution >= 4 is 28.9 Å². The fourth-order valence-corrected chi connectivity index (χ4v) is 9.78. The van der Waals surface area contributed by atoms with E-state index in [0.717, 1.165) is 50.5 Å². The summed E-state index contributed by atoms with van der Waals surface area (Å²) in [6, 6.07) is 14.2. The van der Waals surface area contributed by atoms with Gasteiger partial charge < -0.3 is 4.57 Å². The summed E-state index contributed by atoms with van der Waals surface area (Å²) in [7, 11) is 0. The Morgan fingerprint density at radius 3 is 2.51 bits per heavy atom. The molecule has 6 atom stereocenters. The van der Waals surface area contributed by atoms with E-state index in [1.54, 1.807) is 10.6 Å². The standard InChI is InChI=1S/C33H35FN2O2S/c1-32-16-14-23(37)18-20(32)8-10-24-26-11-13-29(33(26,2)17-15-27(24)32)36-28-12-9-21(34)19-25(28)30(38)35(31(36)39)22-6-4-3-5-7-22/h3-7,9,12,18-19,24,26-27,29H,8,10-11,13-17H2,1-2H3/t24-,26-,27-,29-,32-,33-/m0/s1. The monoisotopic (exact) mass is 542 g/mol. The quantitative estimate of drug-likeness (QED) is 0.311. The molecular formula is C33H35FN2O2S. The molecule has 3 fully saturated rings. The molecular weight excluding hydrogens is 507 g/mol. The number of carbonyl (C=O) groups excluding carboxylic acids is 1. The highest BCUT2D eigenvalue weighted by atomic mass is 32.1. The molecule has 0 saturated heterocycles. The Bertz CT molecular complexity index is 1660. The van der Waals surface area contributed by atoms with Crippen LogP contribution < -0.4 is 5.56 Å². The van der Waals surface area contributed by atoms with Crippen molar-refractivity contribution in [2.75, 3.05) is 0 Å². The number of aromatic nitrogens is 2. The summed E-state index contributed by atoms with van der Waals surface area (Å²) in [5, 5.41) is 0.375. The number of fused-ring (bicyclic) bond motifs is 6. The van der Waals surface area contributed by atoms with Crippen LogP contribution in [0.5, 0.6) is 0 Å². The molecule has 1 aromatic heterocycles. The van der Waals surface area contributed by atoms with E-state index < -0.39 is 5.82 Å². The maximum absolute atomic E-state index is 14.5. The second-order valence-corrected chi connectivity index (χ2v) is 13.3. The highest BCUT2D eigenvalue weighted by molar-refractivity contribution is 7.71. The van der Waals surface area contributed by atoms with Gasteiger partial charge in [0, 0.05) is 12.5 Å². The highest BCUT2D eigenvalue weighted by Crippen LogP contribution is 2.67. The van der Waals surface area contributed by atoms with Crippen LogP contribution in [0.4, 0.5) is 4.39 Å². The summed E-state index contributed by atoms with van der Waals surface area (Å²) in [4.78, 5) is 25.9. The molecule has 0 spiro atoms. The van der Waals surface area contributed by atoms with Crippen molar-refractivity contribution in [2.45, 2.75) is 71.3 Å². The van der Waals surface area contributed by atoms with E-state index in [2.05, 4.69) is 18.4 Å². The summed E-state index contributed by atoms with van der Waals surface area (Å²) in [5.41, 5.74) is 2.73. The van der Waals surface area contributed by atoms with E-state index in [1.807, 2.05) is 36.4 Å². The van der Waals surface area contributed by atoms with Gasteiger partial charge in [0.05, 0.1) is 16.6 Å². The molecule has 0 radical (unpaired) electrons. The molecule has 0 bridgehead atoms. The summed E-state index contributed by atoms with van der Waals surface area (Å²) in [6.45, 7) is 4.86. The largest absolute Gasteiger partial charge is 0.314 e. The minimum Gasteiger partial charge on any atom is -0.314 e. The van der Waals surface area contributed by atoms with E-state index in [0.29, 0.717) is 45.8 Å². The summed E-state index contributed by atoms with van der Waals surface area (Å²) < 4.78 is 18.8. The number of benzene rings is 2. The predicted molar refractivity (Wildman–Crippen MR) is 154 cm³/mol. The van der Waals surface area contributed by atoms with Gasteiger partial charge in [0.2, 0.25) is 0 Å². The topological polar surface area (TPSA) is 44.0 Å². The van der Waals surface area contributed by atoms with Crippen molar-refractivity contribution in [2.24, 2.45) is 28.6 Å². The zero-order valence-electron chi connectivity index (χ0n) is 22.7. The Morgan fingerprint density at radius 1 is 0.923 bits per heavy atom. The fraction of sp³-hybridized carbons (Fsp3) is 0.485. The number of rotatable bonds is 2. The zero-order valence-corrected chi connectivity index (χ0v) is 23.5. The maximum Gasteiger partial charge on any atom is 0.266 e. The van der Waals surface area contributed by atoms with E-state index in [9.17, 15) is 14.0 Å². The van der Waals surface area contributed by atoms with Crippen LogP contribution in [0.15, 0.2) is 65.0 Å². The van der Waals surface area contributed by atoms with Crippen LogP contribution >= 0.6 is 12.2 Å². The Morgan fingerprint density at radius 2 is 1.72 bits per heavy atom. The first kappa shape index (κ1) is 25.1. The Balaban J connectivity index is 1.36. The first-order valence-electron chi connectivity index (χ1n) is 14.5. The molecule has 4 aliphatic carbocycles. The molecule has 4 aliphatic rings. The van der Waals surface area contributed by atoms with Crippen LogP contribution in [0.1, 0.15) is 71.3 Å². The lowest BCUT2D eigenvalue weighted by atomic mass is 9.47. The fourth-order valence-electron chi connectivity index (χ4n) is 9.37. The average Bonchev–Trinajstić information content (AvgIpc) is 3.27. The molecule has 39 heavy (non-hydrogen) atoms. The predicted octanol–water partition coefficient (Wildman–Crippen LogP) is 7.73. The number of allylic oxidation sites excluding steroid dienone is 1. The molecule has 0 aliphatic heterocycles. The van der Waals surface area contributed by atoms with E-state index in [-0.39, 0.29) is 22.4 Å². The van der Waals surface area contributed by atoms with E-state index in [1.165, 1.54) is 17.7 Å². The Hall–Kier alpha value is -2.86. The minimum absolute atomic E-state index is 0.0295. The van der Waals surface area contributed by atoms with Crippen molar-refractivity contribution in [1.29, 1.82) is 0 Å². The van der Waals surface area contributed by atoms with Gasteiger partial charge in [0.1, 0.15) is 5.82 Å². The second kappa shape index (κ2) is 8.82. The van der Waals surface area contributed by atoms with Crippen molar-refractivity contribution in [3.05, 3.63) is 81.1 Å². The molecule has 6 heteroatoms. The van der Waals surface area contributed by atoms with E-state index >= 15 is 0 Å². The van der Waals surface area contributed by atoms with Crippen molar-refractivity contribution in [3.63, 3.8) is 0 Å². The number of para-hydroxylation sites is 1. The van der Waals surface area contributed by atoms with E-state index in [4.69, 9.17) is 12.2 Å². The molecule has 0 amide bonds. The lowest BCUT2D eigenvalue weighted by Crippen LogP contribution is -2.50. The summed E-state index contributed by atoms with van der Waals surface area (Å²) in [5.74, 6) is 1.69. The first-order chi connectivity index (χ1) is 18.7. The number of nitrogens with zero attached hydrogens (tertiary/aromatic N) is 2. The van der Waals surface area contributed by atoms with Gasteiger partial charge in [0.25, 0.3) is 5.56 Å². The van der Waals surface area contributed by atoms with Gasteiger partial charge in [-0.3, -0.25) is 14.2 Å². The second-order valence-electron chi connectivity index (χ2n) is 12.9. The van der Waals surface area contributed by atoms with Crippen LogP contribution in [0.3, 0.4) is 0 Å². The van der Waals surface area contributed by atoms with Crippen molar-refractivity contribution < 1.29 is 9.18 Å². The normalized spacial score (nSPS) is 33.8. The smallest absolute Gasteiger partial charge is 0.266 e. The lowest BCUT2D eigenvalue weighted by molar-refractivity contribution is -0.117.